The number of aryl methyl sites for hydroxylation is 1. The average Bonchev–Trinajstić information content (AvgIpc) is 2.92. The van der Waals surface area contributed by atoms with Crippen molar-refractivity contribution < 1.29 is 18.0 Å². The number of rotatable bonds is 11. The summed E-state index contributed by atoms with van der Waals surface area (Å²) in [6.45, 7) is 6.64. The van der Waals surface area contributed by atoms with Crippen molar-refractivity contribution in [3.05, 3.63) is 92.9 Å². The van der Waals surface area contributed by atoms with Crippen molar-refractivity contribution in [3.8, 4) is 0 Å². The predicted octanol–water partition coefficient (Wildman–Crippen LogP) is 6.48. The van der Waals surface area contributed by atoms with E-state index in [1.54, 1.807) is 55.5 Å². The van der Waals surface area contributed by atoms with E-state index in [0.717, 1.165) is 9.87 Å². The monoisotopic (exact) mass is 623 g/mol. The molecule has 2 amide bonds. The van der Waals surface area contributed by atoms with Crippen LogP contribution in [0.15, 0.2) is 71.6 Å². The molecule has 40 heavy (non-hydrogen) atoms. The maximum atomic E-state index is 14.0. The first-order chi connectivity index (χ1) is 18.8. The van der Waals surface area contributed by atoms with Gasteiger partial charge in [0.15, 0.2) is 0 Å². The fraction of sp³-hybridized carbons (Fsp3) is 0.310. The Morgan fingerprint density at radius 2 is 1.55 bits per heavy atom. The molecule has 0 aliphatic heterocycles. The zero-order valence-corrected chi connectivity index (χ0v) is 25.8. The van der Waals surface area contributed by atoms with E-state index >= 15 is 0 Å². The van der Waals surface area contributed by atoms with Crippen LogP contribution in [0.4, 0.5) is 5.69 Å². The zero-order chi connectivity index (χ0) is 29.6. The topological polar surface area (TPSA) is 86.8 Å². The maximum absolute atomic E-state index is 14.0. The summed E-state index contributed by atoms with van der Waals surface area (Å²) < 4.78 is 28.7. The quantitative estimate of drug-likeness (QED) is 0.265. The van der Waals surface area contributed by atoms with Gasteiger partial charge in [-0.15, -0.1) is 0 Å². The van der Waals surface area contributed by atoms with Crippen LogP contribution in [0.5, 0.6) is 0 Å². The molecule has 0 unspecified atom stereocenters. The second-order valence-electron chi connectivity index (χ2n) is 9.54. The highest BCUT2D eigenvalue weighted by Crippen LogP contribution is 2.31. The lowest BCUT2D eigenvalue weighted by Crippen LogP contribution is -2.52. The number of sulfonamides is 1. The van der Waals surface area contributed by atoms with Gasteiger partial charge in [-0.2, -0.15) is 0 Å². The molecule has 0 heterocycles. The van der Waals surface area contributed by atoms with Gasteiger partial charge in [0.05, 0.1) is 25.7 Å². The minimum absolute atomic E-state index is 0.00409. The molecule has 0 aromatic heterocycles. The minimum Gasteiger partial charge on any atom is -0.352 e. The number of carbonyl (C=O) groups is 2. The van der Waals surface area contributed by atoms with E-state index in [-0.39, 0.29) is 34.1 Å². The molecule has 11 heteroatoms. The Morgan fingerprint density at radius 1 is 0.900 bits per heavy atom. The second-order valence-corrected chi connectivity index (χ2v) is 12.6. The normalized spacial score (nSPS) is 12.9. The summed E-state index contributed by atoms with van der Waals surface area (Å²) in [6, 6.07) is 16.6. The molecule has 7 nitrogen and oxygen atoms in total. The van der Waals surface area contributed by atoms with Crippen molar-refractivity contribution >= 4 is 62.3 Å². The fourth-order valence-corrected chi connectivity index (χ4v) is 5.93. The molecule has 2 atom stereocenters. The molecule has 0 saturated heterocycles. The zero-order valence-electron chi connectivity index (χ0n) is 22.7. The van der Waals surface area contributed by atoms with Crippen molar-refractivity contribution in [3.63, 3.8) is 0 Å². The highest BCUT2D eigenvalue weighted by molar-refractivity contribution is 7.92. The molecule has 3 rings (SSSR count). The Hall–Kier alpha value is -2.78. The summed E-state index contributed by atoms with van der Waals surface area (Å²) in [5.74, 6) is -0.970. The van der Waals surface area contributed by atoms with Crippen LogP contribution < -0.4 is 9.62 Å². The first-order valence-corrected chi connectivity index (χ1v) is 15.3. The van der Waals surface area contributed by atoms with Crippen LogP contribution >= 0.6 is 34.8 Å². The number of para-hydroxylation sites is 1. The number of amides is 2. The summed E-state index contributed by atoms with van der Waals surface area (Å²) in [4.78, 5) is 28.4. The van der Waals surface area contributed by atoms with Crippen molar-refractivity contribution in [2.24, 2.45) is 0 Å². The lowest BCUT2D eigenvalue weighted by atomic mass is 10.1. The molecule has 0 saturated carbocycles. The number of halogens is 3. The Morgan fingerprint density at radius 3 is 2.15 bits per heavy atom. The van der Waals surface area contributed by atoms with Gasteiger partial charge in [0.25, 0.3) is 10.0 Å². The number of benzene rings is 3. The fourth-order valence-electron chi connectivity index (χ4n) is 3.89. The smallest absolute Gasteiger partial charge is 0.264 e. The van der Waals surface area contributed by atoms with E-state index in [0.29, 0.717) is 22.0 Å². The standard InChI is InChI=1S/C29H32Cl3N3O4S/c1-5-20(3)33-29(37)21(4)34(17-22-12-15-24(30)26(32)16-22)28(36)18-35(27-9-7-6-8-25(27)31)40(38,39)23-13-10-19(2)11-14-23/h6-16,20-21H,5,17-18H2,1-4H3,(H,33,37)/t20-,21-/m1/s1. The van der Waals surface area contributed by atoms with Crippen molar-refractivity contribution in [2.75, 3.05) is 10.8 Å². The van der Waals surface area contributed by atoms with E-state index in [1.807, 2.05) is 20.8 Å². The molecule has 0 bridgehead atoms. The molecule has 1 N–H and O–H groups in total. The van der Waals surface area contributed by atoms with E-state index in [4.69, 9.17) is 34.8 Å². The van der Waals surface area contributed by atoms with E-state index in [9.17, 15) is 18.0 Å². The summed E-state index contributed by atoms with van der Waals surface area (Å²) in [5, 5.41) is 3.69. The van der Waals surface area contributed by atoms with Crippen molar-refractivity contribution in [2.45, 2.75) is 57.6 Å². The molecule has 3 aromatic rings. The lowest BCUT2D eigenvalue weighted by Gasteiger charge is -2.32. The molecule has 0 fully saturated rings. The van der Waals surface area contributed by atoms with Crippen LogP contribution in [-0.4, -0.2) is 43.8 Å². The average molecular weight is 625 g/mol. The highest BCUT2D eigenvalue weighted by Gasteiger charge is 2.33. The highest BCUT2D eigenvalue weighted by atomic mass is 35.5. The lowest BCUT2D eigenvalue weighted by molar-refractivity contribution is -0.139. The summed E-state index contributed by atoms with van der Waals surface area (Å²) in [5.41, 5.74) is 1.65. The van der Waals surface area contributed by atoms with Gasteiger partial charge in [0.2, 0.25) is 11.8 Å². The first-order valence-electron chi connectivity index (χ1n) is 12.7. The molecular weight excluding hydrogens is 593 g/mol. The van der Waals surface area contributed by atoms with Gasteiger partial charge >= 0.3 is 0 Å². The van der Waals surface area contributed by atoms with Crippen LogP contribution in [0, 0.1) is 6.92 Å². The Kier molecular flexibility index (Phi) is 10.9. The van der Waals surface area contributed by atoms with E-state index < -0.39 is 28.5 Å². The third kappa shape index (κ3) is 7.69. The number of hydrogen-bond donors (Lipinski definition) is 1. The van der Waals surface area contributed by atoms with Crippen LogP contribution in [0.2, 0.25) is 15.1 Å². The van der Waals surface area contributed by atoms with Gasteiger partial charge in [-0.3, -0.25) is 13.9 Å². The Balaban J connectivity index is 2.05. The van der Waals surface area contributed by atoms with Gasteiger partial charge < -0.3 is 10.2 Å². The Bertz CT molecular complexity index is 1470. The van der Waals surface area contributed by atoms with Gasteiger partial charge in [-0.05, 0) is 69.2 Å². The van der Waals surface area contributed by atoms with Crippen molar-refractivity contribution in [1.82, 2.24) is 10.2 Å². The van der Waals surface area contributed by atoms with Crippen LogP contribution in [0.3, 0.4) is 0 Å². The van der Waals surface area contributed by atoms with Crippen LogP contribution in [0.25, 0.3) is 0 Å². The largest absolute Gasteiger partial charge is 0.352 e. The third-order valence-electron chi connectivity index (χ3n) is 6.51. The summed E-state index contributed by atoms with van der Waals surface area (Å²) >= 11 is 18.7. The number of nitrogens with zero attached hydrogens (tertiary/aromatic N) is 2. The first kappa shape index (κ1) is 31.7. The van der Waals surface area contributed by atoms with Crippen LogP contribution in [0.1, 0.15) is 38.3 Å². The number of nitrogens with one attached hydrogen (secondary N) is 1. The minimum atomic E-state index is -4.21. The van der Waals surface area contributed by atoms with Crippen molar-refractivity contribution in [1.29, 1.82) is 0 Å². The molecule has 0 radical (unpaired) electrons. The number of hydrogen-bond acceptors (Lipinski definition) is 4. The third-order valence-corrected chi connectivity index (χ3v) is 9.35. The molecule has 3 aromatic carbocycles. The predicted molar refractivity (Wildman–Crippen MR) is 162 cm³/mol. The van der Waals surface area contributed by atoms with Gasteiger partial charge in [-0.1, -0.05) is 77.6 Å². The SMILES string of the molecule is CC[C@@H](C)NC(=O)[C@@H](C)N(Cc1ccc(Cl)c(Cl)c1)C(=O)CN(c1ccccc1Cl)S(=O)(=O)c1ccc(C)cc1. The molecule has 0 spiro atoms. The van der Waals surface area contributed by atoms with Gasteiger partial charge in [0, 0.05) is 12.6 Å². The van der Waals surface area contributed by atoms with E-state index in [1.165, 1.54) is 23.1 Å². The van der Waals surface area contributed by atoms with Gasteiger partial charge in [-0.25, -0.2) is 8.42 Å². The maximum Gasteiger partial charge on any atom is 0.264 e. The molecule has 0 aliphatic carbocycles. The van der Waals surface area contributed by atoms with Crippen LogP contribution in [-0.2, 0) is 26.2 Å². The molecule has 214 valence electrons. The van der Waals surface area contributed by atoms with Gasteiger partial charge in [0.1, 0.15) is 12.6 Å². The molecule has 0 aliphatic rings. The number of carbonyl (C=O) groups excluding carboxylic acids is 2. The number of anilines is 1. The summed E-state index contributed by atoms with van der Waals surface area (Å²) in [6.07, 6.45) is 0.703. The summed E-state index contributed by atoms with van der Waals surface area (Å²) in [7, 11) is -4.21. The molecular formula is C29H32Cl3N3O4S. The second kappa shape index (κ2) is 13.7. The Labute approximate surface area is 251 Å². The van der Waals surface area contributed by atoms with E-state index in [2.05, 4.69) is 5.32 Å².